The summed E-state index contributed by atoms with van der Waals surface area (Å²) in [6, 6.07) is 6.94. The van der Waals surface area contributed by atoms with E-state index in [1.165, 1.54) is 11.1 Å². The van der Waals surface area contributed by atoms with Crippen molar-refractivity contribution in [3.05, 3.63) is 29.3 Å². The SMILES string of the molecule is CCNC1CC2(CCOCC2)Oc2ccc(C)cc21. The molecule has 0 bridgehead atoms. The summed E-state index contributed by atoms with van der Waals surface area (Å²) in [4.78, 5) is 0. The highest BCUT2D eigenvalue weighted by Crippen LogP contribution is 2.44. The number of hydrogen-bond donors (Lipinski definition) is 1. The molecule has 0 radical (unpaired) electrons. The molecular formula is C16H23NO2. The molecule has 1 unspecified atom stereocenters. The molecule has 1 saturated heterocycles. The monoisotopic (exact) mass is 261 g/mol. The average Bonchev–Trinajstić information content (AvgIpc) is 2.41. The van der Waals surface area contributed by atoms with E-state index in [0.717, 1.165) is 44.8 Å². The number of ether oxygens (including phenoxy) is 2. The third-order valence-corrected chi connectivity index (χ3v) is 4.30. The maximum atomic E-state index is 6.37. The first-order chi connectivity index (χ1) is 9.22. The highest BCUT2D eigenvalue weighted by molar-refractivity contribution is 5.41. The Bertz CT molecular complexity index is 452. The summed E-state index contributed by atoms with van der Waals surface area (Å²) in [5, 5.41) is 3.62. The Hall–Kier alpha value is -1.06. The van der Waals surface area contributed by atoms with Crippen LogP contribution in [0, 0.1) is 6.92 Å². The fourth-order valence-electron chi connectivity index (χ4n) is 3.27. The summed E-state index contributed by atoms with van der Waals surface area (Å²) < 4.78 is 11.9. The maximum absolute atomic E-state index is 6.37. The Kier molecular flexibility index (Phi) is 3.50. The van der Waals surface area contributed by atoms with Crippen LogP contribution in [0.5, 0.6) is 5.75 Å². The molecule has 1 fully saturated rings. The number of hydrogen-bond acceptors (Lipinski definition) is 3. The van der Waals surface area contributed by atoms with Gasteiger partial charge < -0.3 is 14.8 Å². The number of aryl methyl sites for hydroxylation is 1. The molecule has 1 atom stereocenters. The van der Waals surface area contributed by atoms with Crippen molar-refractivity contribution < 1.29 is 9.47 Å². The van der Waals surface area contributed by atoms with Crippen LogP contribution in [-0.2, 0) is 4.74 Å². The van der Waals surface area contributed by atoms with E-state index >= 15 is 0 Å². The van der Waals surface area contributed by atoms with Gasteiger partial charge in [0, 0.05) is 30.9 Å². The molecule has 1 aromatic rings. The van der Waals surface area contributed by atoms with Crippen molar-refractivity contribution in [3.8, 4) is 5.75 Å². The van der Waals surface area contributed by atoms with E-state index in [4.69, 9.17) is 9.47 Å². The van der Waals surface area contributed by atoms with Crippen molar-refractivity contribution >= 4 is 0 Å². The molecule has 0 aromatic heterocycles. The standard InChI is InChI=1S/C16H23NO2/c1-3-17-14-11-16(6-8-18-9-7-16)19-15-5-4-12(2)10-13(14)15/h4-5,10,14,17H,3,6-9,11H2,1-2H3. The van der Waals surface area contributed by atoms with Gasteiger partial charge in [-0.15, -0.1) is 0 Å². The lowest BCUT2D eigenvalue weighted by Gasteiger charge is -2.44. The second-order valence-corrected chi connectivity index (χ2v) is 5.75. The van der Waals surface area contributed by atoms with Gasteiger partial charge in [0.05, 0.1) is 13.2 Å². The second-order valence-electron chi connectivity index (χ2n) is 5.75. The molecule has 19 heavy (non-hydrogen) atoms. The van der Waals surface area contributed by atoms with Gasteiger partial charge in [-0.25, -0.2) is 0 Å². The molecule has 1 N–H and O–H groups in total. The minimum atomic E-state index is -0.0205. The molecule has 3 heteroatoms. The van der Waals surface area contributed by atoms with Gasteiger partial charge in [0.2, 0.25) is 0 Å². The Balaban J connectivity index is 1.94. The van der Waals surface area contributed by atoms with Gasteiger partial charge in [-0.05, 0) is 19.5 Å². The summed E-state index contributed by atoms with van der Waals surface area (Å²) in [5.41, 5.74) is 2.60. The van der Waals surface area contributed by atoms with E-state index in [-0.39, 0.29) is 5.60 Å². The van der Waals surface area contributed by atoms with E-state index in [2.05, 4.69) is 37.4 Å². The van der Waals surface area contributed by atoms with Gasteiger partial charge in [0.1, 0.15) is 11.4 Å². The zero-order valence-corrected chi connectivity index (χ0v) is 11.9. The van der Waals surface area contributed by atoms with Crippen molar-refractivity contribution in [2.45, 2.75) is 44.8 Å². The highest BCUT2D eigenvalue weighted by Gasteiger charge is 2.41. The van der Waals surface area contributed by atoms with Crippen molar-refractivity contribution in [3.63, 3.8) is 0 Å². The third-order valence-electron chi connectivity index (χ3n) is 4.30. The van der Waals surface area contributed by atoms with E-state index < -0.39 is 0 Å². The van der Waals surface area contributed by atoms with Gasteiger partial charge in [-0.3, -0.25) is 0 Å². The van der Waals surface area contributed by atoms with Crippen LogP contribution in [-0.4, -0.2) is 25.4 Å². The summed E-state index contributed by atoms with van der Waals surface area (Å²) in [5.74, 6) is 1.06. The summed E-state index contributed by atoms with van der Waals surface area (Å²) >= 11 is 0. The molecule has 2 aliphatic heterocycles. The van der Waals surface area contributed by atoms with Gasteiger partial charge in [0.25, 0.3) is 0 Å². The first-order valence-corrected chi connectivity index (χ1v) is 7.33. The molecule has 2 heterocycles. The molecule has 104 valence electrons. The smallest absolute Gasteiger partial charge is 0.124 e. The molecule has 2 aliphatic rings. The Morgan fingerprint density at radius 1 is 1.32 bits per heavy atom. The number of rotatable bonds is 2. The molecule has 3 nitrogen and oxygen atoms in total. The molecule has 1 spiro atoms. The fourth-order valence-corrected chi connectivity index (χ4v) is 3.27. The zero-order chi connectivity index (χ0) is 13.3. The van der Waals surface area contributed by atoms with Crippen LogP contribution in [0.1, 0.15) is 43.4 Å². The highest BCUT2D eigenvalue weighted by atomic mass is 16.5. The van der Waals surface area contributed by atoms with Crippen molar-refractivity contribution in [1.29, 1.82) is 0 Å². The first-order valence-electron chi connectivity index (χ1n) is 7.33. The Labute approximate surface area is 115 Å². The molecule has 3 rings (SSSR count). The second kappa shape index (κ2) is 5.14. The van der Waals surface area contributed by atoms with Crippen LogP contribution in [0.25, 0.3) is 0 Å². The van der Waals surface area contributed by atoms with Gasteiger partial charge >= 0.3 is 0 Å². The minimum absolute atomic E-state index is 0.0205. The predicted molar refractivity (Wildman–Crippen MR) is 75.6 cm³/mol. The van der Waals surface area contributed by atoms with Crippen molar-refractivity contribution in [1.82, 2.24) is 5.32 Å². The predicted octanol–water partition coefficient (Wildman–Crippen LogP) is 2.98. The lowest BCUT2D eigenvalue weighted by atomic mass is 9.81. The first kappa shape index (κ1) is 12.9. The topological polar surface area (TPSA) is 30.5 Å². The molecule has 1 aromatic carbocycles. The maximum Gasteiger partial charge on any atom is 0.124 e. The molecular weight excluding hydrogens is 238 g/mol. The Morgan fingerprint density at radius 3 is 2.84 bits per heavy atom. The molecule has 0 saturated carbocycles. The average molecular weight is 261 g/mol. The number of benzene rings is 1. The quantitative estimate of drug-likeness (QED) is 0.888. The van der Waals surface area contributed by atoms with E-state index in [0.29, 0.717) is 6.04 Å². The summed E-state index contributed by atoms with van der Waals surface area (Å²) in [6.07, 6.45) is 3.06. The lowest BCUT2D eigenvalue weighted by molar-refractivity contribution is -0.0644. The van der Waals surface area contributed by atoms with Crippen LogP contribution >= 0.6 is 0 Å². The van der Waals surface area contributed by atoms with Crippen molar-refractivity contribution in [2.24, 2.45) is 0 Å². The van der Waals surface area contributed by atoms with Crippen LogP contribution in [0.2, 0.25) is 0 Å². The van der Waals surface area contributed by atoms with Crippen LogP contribution < -0.4 is 10.1 Å². The van der Waals surface area contributed by atoms with Crippen LogP contribution in [0.3, 0.4) is 0 Å². The third kappa shape index (κ3) is 2.49. The minimum Gasteiger partial charge on any atom is -0.487 e. The normalized spacial score (nSPS) is 24.8. The molecule has 0 amide bonds. The summed E-state index contributed by atoms with van der Waals surface area (Å²) in [7, 11) is 0. The van der Waals surface area contributed by atoms with E-state index in [1.807, 2.05) is 0 Å². The Morgan fingerprint density at radius 2 is 2.11 bits per heavy atom. The van der Waals surface area contributed by atoms with Gasteiger partial charge in [0.15, 0.2) is 0 Å². The van der Waals surface area contributed by atoms with Crippen molar-refractivity contribution in [2.75, 3.05) is 19.8 Å². The number of fused-ring (bicyclic) bond motifs is 1. The summed E-state index contributed by atoms with van der Waals surface area (Å²) in [6.45, 7) is 6.94. The van der Waals surface area contributed by atoms with Crippen LogP contribution in [0.15, 0.2) is 18.2 Å². The fraction of sp³-hybridized carbons (Fsp3) is 0.625. The zero-order valence-electron chi connectivity index (χ0n) is 11.9. The number of nitrogens with one attached hydrogen (secondary N) is 1. The van der Waals surface area contributed by atoms with Gasteiger partial charge in [-0.2, -0.15) is 0 Å². The van der Waals surface area contributed by atoms with Crippen LogP contribution in [0.4, 0.5) is 0 Å². The van der Waals surface area contributed by atoms with E-state index in [1.54, 1.807) is 0 Å². The largest absolute Gasteiger partial charge is 0.487 e. The molecule has 0 aliphatic carbocycles. The van der Waals surface area contributed by atoms with Gasteiger partial charge in [-0.1, -0.05) is 24.6 Å². The lowest BCUT2D eigenvalue weighted by Crippen LogP contribution is -2.47. The van der Waals surface area contributed by atoms with E-state index in [9.17, 15) is 0 Å².